The number of aromatic nitrogens is 3. The number of benzene rings is 4. The lowest BCUT2D eigenvalue weighted by molar-refractivity contribution is -0.109. The molecule has 1 fully saturated rings. The first-order chi connectivity index (χ1) is 23.9. The molecule has 2 heterocycles. The lowest BCUT2D eigenvalue weighted by Gasteiger charge is -2.49. The number of carbonyl (C=O) groups excluding carboxylic acids is 2. The summed E-state index contributed by atoms with van der Waals surface area (Å²) in [4.78, 5) is 28.4. The summed E-state index contributed by atoms with van der Waals surface area (Å²) < 4.78 is 12.5. The molecule has 0 spiro atoms. The smallest absolute Gasteiger partial charge is 0.361 e. The van der Waals surface area contributed by atoms with Crippen molar-refractivity contribution in [3.63, 3.8) is 0 Å². The fourth-order valence-corrected chi connectivity index (χ4v) is 7.63. The number of hydrogen-bond acceptors (Lipinski definition) is 8. The summed E-state index contributed by atoms with van der Waals surface area (Å²) in [6.45, 7) is 5.23. The predicted molar refractivity (Wildman–Crippen MR) is 194 cm³/mol. The van der Waals surface area contributed by atoms with E-state index in [1.165, 1.54) is 11.8 Å². The average molecular weight is 673 g/mol. The monoisotopic (exact) mass is 672 g/mol. The van der Waals surface area contributed by atoms with E-state index in [4.69, 9.17) is 9.47 Å². The summed E-state index contributed by atoms with van der Waals surface area (Å²) in [6, 6.07) is 39.5. The van der Waals surface area contributed by atoms with Gasteiger partial charge in [0.15, 0.2) is 10.8 Å². The van der Waals surface area contributed by atoms with Gasteiger partial charge < -0.3 is 9.47 Å². The Morgan fingerprint density at radius 2 is 1.45 bits per heavy atom. The Morgan fingerprint density at radius 1 is 0.878 bits per heavy atom. The molecule has 1 atom stereocenters. The predicted octanol–water partition coefficient (Wildman–Crippen LogP) is 7.24. The van der Waals surface area contributed by atoms with Gasteiger partial charge in [0.05, 0.1) is 31.5 Å². The third kappa shape index (κ3) is 7.23. The molecule has 9 heteroatoms. The van der Waals surface area contributed by atoms with E-state index in [0.29, 0.717) is 18.8 Å². The maximum Gasteiger partial charge on any atom is 0.361 e. The molecule has 8 nitrogen and oxygen atoms in total. The van der Waals surface area contributed by atoms with Gasteiger partial charge in [-0.05, 0) is 59.4 Å². The molecule has 0 aliphatic carbocycles. The van der Waals surface area contributed by atoms with E-state index < -0.39 is 11.5 Å². The van der Waals surface area contributed by atoms with Gasteiger partial charge in [0.25, 0.3) is 0 Å². The van der Waals surface area contributed by atoms with Crippen molar-refractivity contribution in [3.05, 3.63) is 154 Å². The Morgan fingerprint density at radius 3 is 1.96 bits per heavy atom. The third-order valence-electron chi connectivity index (χ3n) is 8.86. The van der Waals surface area contributed by atoms with Crippen LogP contribution in [-0.2, 0) is 21.6 Å². The number of methoxy groups -OCH3 is 1. The second-order valence-corrected chi connectivity index (χ2v) is 13.3. The molecule has 0 bridgehead atoms. The van der Waals surface area contributed by atoms with Crippen molar-refractivity contribution in [1.29, 1.82) is 0 Å². The molecule has 0 saturated carbocycles. The van der Waals surface area contributed by atoms with E-state index in [9.17, 15) is 9.59 Å². The zero-order valence-electron chi connectivity index (χ0n) is 28.0. The molecule has 6 rings (SSSR count). The summed E-state index contributed by atoms with van der Waals surface area (Å²) in [7, 11) is 1.63. The topological polar surface area (TPSA) is 86.5 Å². The molecule has 0 radical (unpaired) electrons. The fourth-order valence-electron chi connectivity index (χ4n) is 6.71. The van der Waals surface area contributed by atoms with Crippen LogP contribution >= 0.6 is 11.8 Å². The van der Waals surface area contributed by atoms with Crippen molar-refractivity contribution in [2.24, 2.45) is 0 Å². The molecule has 0 N–H and O–H groups in total. The Labute approximate surface area is 291 Å². The number of ether oxygens (including phenoxy) is 2. The zero-order valence-corrected chi connectivity index (χ0v) is 28.8. The maximum absolute atomic E-state index is 13.2. The maximum atomic E-state index is 13.2. The van der Waals surface area contributed by atoms with Crippen LogP contribution in [0.1, 0.15) is 58.7 Å². The van der Waals surface area contributed by atoms with Gasteiger partial charge in [0.2, 0.25) is 0 Å². The molecule has 5 aromatic rings. The zero-order chi connectivity index (χ0) is 34.2. The number of piperidine rings is 1. The first-order valence-corrected chi connectivity index (χ1v) is 17.3. The van der Waals surface area contributed by atoms with Crippen molar-refractivity contribution >= 4 is 28.9 Å². The molecular weight excluding hydrogens is 633 g/mol. The van der Waals surface area contributed by atoms with Crippen molar-refractivity contribution in [2.75, 3.05) is 26.8 Å². The highest BCUT2D eigenvalue weighted by Crippen LogP contribution is 2.45. The van der Waals surface area contributed by atoms with Gasteiger partial charge in [0, 0.05) is 25.3 Å². The van der Waals surface area contributed by atoms with E-state index in [2.05, 4.69) is 88.0 Å². The standard InChI is InChI=1S/C40H40N4O4S/c1-4-48-39(46)38-36(44(42-41-38)27-30-20-22-35(47-3)23-21-30)26-31-28-43(25-24-37(31)49-29(2)45)40(32-14-8-5-9-15-32,33-16-10-6-11-17-33)34-18-12-7-13-19-34/h5-23,26,37H,4,24-25,27-28H2,1-3H3/b31-26+. The van der Waals surface area contributed by atoms with Crippen LogP contribution in [0.2, 0.25) is 0 Å². The van der Waals surface area contributed by atoms with Gasteiger partial charge in [-0.25, -0.2) is 9.48 Å². The highest BCUT2D eigenvalue weighted by atomic mass is 32.2. The summed E-state index contributed by atoms with van der Waals surface area (Å²) >= 11 is 1.33. The lowest BCUT2D eigenvalue weighted by Crippen LogP contribution is -2.52. The molecule has 1 aliphatic rings. The number of carbonyl (C=O) groups is 2. The SMILES string of the molecule is CCOC(=O)c1nnn(Cc2ccc(OC)cc2)c1/C=C1\CN(C(c2ccccc2)(c2ccccc2)c2ccccc2)CCC1SC(C)=O. The average Bonchev–Trinajstić information content (AvgIpc) is 3.53. The summed E-state index contributed by atoms with van der Waals surface area (Å²) in [6.07, 6.45) is 2.73. The van der Waals surface area contributed by atoms with Crippen LogP contribution in [0.3, 0.4) is 0 Å². The van der Waals surface area contributed by atoms with E-state index in [1.54, 1.807) is 25.6 Å². The quantitative estimate of drug-likeness (QED) is 0.107. The lowest BCUT2D eigenvalue weighted by atomic mass is 9.74. The van der Waals surface area contributed by atoms with E-state index in [-0.39, 0.29) is 22.7 Å². The van der Waals surface area contributed by atoms with Crippen molar-refractivity contribution < 1.29 is 19.1 Å². The molecule has 1 unspecified atom stereocenters. The van der Waals surface area contributed by atoms with Gasteiger partial charge in [0.1, 0.15) is 5.75 Å². The van der Waals surface area contributed by atoms with Crippen LogP contribution < -0.4 is 4.74 Å². The minimum absolute atomic E-state index is 0.0419. The van der Waals surface area contributed by atoms with E-state index in [0.717, 1.165) is 46.5 Å². The van der Waals surface area contributed by atoms with Gasteiger partial charge in [-0.2, -0.15) is 0 Å². The van der Waals surface area contributed by atoms with Gasteiger partial charge in [-0.3, -0.25) is 9.69 Å². The third-order valence-corrected chi connectivity index (χ3v) is 10.0. The molecular formula is C40H40N4O4S. The van der Waals surface area contributed by atoms with Crippen LogP contribution in [0.25, 0.3) is 6.08 Å². The van der Waals surface area contributed by atoms with Crippen LogP contribution in [0.15, 0.2) is 121 Å². The molecule has 1 saturated heterocycles. The van der Waals surface area contributed by atoms with Gasteiger partial charge in [-0.1, -0.05) is 120 Å². The molecule has 0 amide bonds. The molecule has 49 heavy (non-hydrogen) atoms. The Bertz CT molecular complexity index is 1800. The summed E-state index contributed by atoms with van der Waals surface area (Å²) in [5.74, 6) is 0.216. The van der Waals surface area contributed by atoms with Crippen LogP contribution in [0.4, 0.5) is 0 Å². The number of esters is 1. The van der Waals surface area contributed by atoms with E-state index in [1.807, 2.05) is 48.5 Å². The molecule has 4 aromatic carbocycles. The number of likely N-dealkylation sites (tertiary alicyclic amines) is 1. The largest absolute Gasteiger partial charge is 0.497 e. The number of nitrogens with zero attached hydrogens (tertiary/aromatic N) is 4. The van der Waals surface area contributed by atoms with Crippen molar-refractivity contribution in [3.8, 4) is 5.75 Å². The number of rotatable bonds is 11. The minimum Gasteiger partial charge on any atom is -0.497 e. The normalized spacial score (nSPS) is 16.0. The van der Waals surface area contributed by atoms with Crippen molar-refractivity contribution in [1.82, 2.24) is 19.9 Å². The summed E-state index contributed by atoms with van der Waals surface area (Å²) in [5.41, 5.74) is 5.45. The first kappa shape index (κ1) is 33.9. The van der Waals surface area contributed by atoms with Crippen molar-refractivity contribution in [2.45, 2.75) is 37.6 Å². The van der Waals surface area contributed by atoms with Crippen LogP contribution in [0, 0.1) is 0 Å². The minimum atomic E-state index is -0.639. The second-order valence-electron chi connectivity index (χ2n) is 11.9. The van der Waals surface area contributed by atoms with Gasteiger partial charge >= 0.3 is 5.97 Å². The Hall–Kier alpha value is -4.99. The second kappa shape index (κ2) is 15.5. The molecule has 1 aliphatic heterocycles. The molecule has 1 aromatic heterocycles. The highest BCUT2D eigenvalue weighted by Gasteiger charge is 2.44. The highest BCUT2D eigenvalue weighted by molar-refractivity contribution is 8.14. The van der Waals surface area contributed by atoms with E-state index >= 15 is 0 Å². The number of thioether (sulfide) groups is 1. The summed E-state index contributed by atoms with van der Waals surface area (Å²) in [5, 5.41) is 8.67. The van der Waals surface area contributed by atoms with Crippen LogP contribution in [-0.4, -0.2) is 63.0 Å². The van der Waals surface area contributed by atoms with Crippen LogP contribution in [0.5, 0.6) is 5.75 Å². The fraction of sp³-hybridized carbons (Fsp3) is 0.250. The Balaban J connectivity index is 1.51. The van der Waals surface area contributed by atoms with Gasteiger partial charge in [-0.15, -0.1) is 5.10 Å². The molecule has 250 valence electrons. The first-order valence-electron chi connectivity index (χ1n) is 16.5. The number of hydrogen-bond donors (Lipinski definition) is 0. The Kier molecular flexibility index (Phi) is 10.7.